The fraction of sp³-hybridized carbons (Fsp3) is 0.300. The Morgan fingerprint density at radius 2 is 1.59 bits per heavy atom. The summed E-state index contributed by atoms with van der Waals surface area (Å²) in [6.45, 7) is 2.13. The van der Waals surface area contributed by atoms with Gasteiger partial charge >= 0.3 is 5.97 Å². The van der Waals surface area contributed by atoms with E-state index in [9.17, 15) is 18.0 Å². The number of nitrogens with one attached hydrogen (secondary N) is 1. The highest BCUT2D eigenvalue weighted by Crippen LogP contribution is 2.16. The lowest BCUT2D eigenvalue weighted by Gasteiger charge is -2.36. The van der Waals surface area contributed by atoms with Gasteiger partial charge in [-0.2, -0.15) is 0 Å². The van der Waals surface area contributed by atoms with Gasteiger partial charge in [0.05, 0.1) is 24.1 Å². The van der Waals surface area contributed by atoms with Crippen LogP contribution >= 0.6 is 0 Å². The number of ether oxygens (including phenoxy) is 1. The monoisotopic (exact) mass is 417 g/mol. The van der Waals surface area contributed by atoms with Gasteiger partial charge in [-0.25, -0.2) is 17.9 Å². The molecule has 1 fully saturated rings. The van der Waals surface area contributed by atoms with Crippen LogP contribution in [0.25, 0.3) is 0 Å². The van der Waals surface area contributed by atoms with Gasteiger partial charge in [0.25, 0.3) is 0 Å². The molecule has 154 valence electrons. The Labute approximate surface area is 170 Å². The van der Waals surface area contributed by atoms with Crippen LogP contribution in [-0.4, -0.2) is 65.0 Å². The lowest BCUT2D eigenvalue weighted by Crippen LogP contribution is -2.51. The topological polar surface area (TPSA) is 96.0 Å². The predicted octanol–water partition coefficient (Wildman–Crippen LogP) is 1.10. The molecule has 0 radical (unpaired) electrons. The molecule has 1 amide bonds. The Kier molecular flexibility index (Phi) is 6.50. The van der Waals surface area contributed by atoms with Crippen molar-refractivity contribution in [2.45, 2.75) is 4.90 Å². The molecule has 0 bridgehead atoms. The van der Waals surface area contributed by atoms with Gasteiger partial charge in [-0.1, -0.05) is 18.2 Å². The zero-order valence-corrected chi connectivity index (χ0v) is 16.9. The molecule has 2 aromatic rings. The van der Waals surface area contributed by atoms with Gasteiger partial charge in [-0.3, -0.25) is 4.79 Å². The van der Waals surface area contributed by atoms with Crippen molar-refractivity contribution in [2.24, 2.45) is 0 Å². The summed E-state index contributed by atoms with van der Waals surface area (Å²) in [5.74, 6) is -0.820. The van der Waals surface area contributed by atoms with E-state index in [1.54, 1.807) is 4.90 Å². The van der Waals surface area contributed by atoms with Gasteiger partial charge in [0.1, 0.15) is 0 Å². The molecule has 8 nitrogen and oxygen atoms in total. The number of para-hydroxylation sites is 1. The van der Waals surface area contributed by atoms with E-state index in [1.807, 2.05) is 30.3 Å². The van der Waals surface area contributed by atoms with Crippen molar-refractivity contribution in [3.63, 3.8) is 0 Å². The smallest absolute Gasteiger partial charge is 0.337 e. The third-order valence-electron chi connectivity index (χ3n) is 4.75. The predicted molar refractivity (Wildman–Crippen MR) is 108 cm³/mol. The average Bonchev–Trinajstić information content (AvgIpc) is 2.77. The van der Waals surface area contributed by atoms with Crippen molar-refractivity contribution >= 4 is 27.6 Å². The summed E-state index contributed by atoms with van der Waals surface area (Å²) < 4.78 is 31.7. The molecule has 1 saturated heterocycles. The number of hydrogen-bond acceptors (Lipinski definition) is 6. The van der Waals surface area contributed by atoms with Crippen LogP contribution in [0.4, 0.5) is 5.69 Å². The van der Waals surface area contributed by atoms with E-state index in [2.05, 4.69) is 14.4 Å². The number of sulfonamides is 1. The number of amides is 1. The molecule has 9 heteroatoms. The first-order valence-corrected chi connectivity index (χ1v) is 10.6. The van der Waals surface area contributed by atoms with Crippen molar-refractivity contribution in [1.29, 1.82) is 0 Å². The van der Waals surface area contributed by atoms with Crippen molar-refractivity contribution < 1.29 is 22.7 Å². The fourth-order valence-electron chi connectivity index (χ4n) is 3.09. The number of rotatable bonds is 6. The van der Waals surface area contributed by atoms with Crippen LogP contribution in [0.2, 0.25) is 0 Å². The van der Waals surface area contributed by atoms with Gasteiger partial charge < -0.3 is 14.5 Å². The number of esters is 1. The second kappa shape index (κ2) is 9.06. The van der Waals surface area contributed by atoms with Gasteiger partial charge in [0, 0.05) is 31.9 Å². The highest BCUT2D eigenvalue weighted by atomic mass is 32.2. The van der Waals surface area contributed by atoms with Gasteiger partial charge in [0.15, 0.2) is 0 Å². The van der Waals surface area contributed by atoms with Crippen LogP contribution in [0.1, 0.15) is 10.4 Å². The molecular weight excluding hydrogens is 394 g/mol. The third kappa shape index (κ3) is 5.12. The minimum atomic E-state index is -3.86. The molecule has 0 saturated carbocycles. The number of methoxy groups -OCH3 is 1. The van der Waals surface area contributed by atoms with E-state index in [0.717, 1.165) is 5.69 Å². The SMILES string of the molecule is COC(=O)c1ccc(S(=O)(=O)NCC(=O)N2CCN(c3ccccc3)CC2)cc1. The number of anilines is 1. The fourth-order valence-corrected chi connectivity index (χ4v) is 4.07. The van der Waals surface area contributed by atoms with Crippen LogP contribution in [0.3, 0.4) is 0 Å². The summed E-state index contributed by atoms with van der Waals surface area (Å²) in [5.41, 5.74) is 1.36. The molecule has 3 rings (SSSR count). The molecule has 1 heterocycles. The Morgan fingerprint density at radius 1 is 0.966 bits per heavy atom. The molecule has 0 aromatic heterocycles. The van der Waals surface area contributed by atoms with E-state index in [4.69, 9.17) is 0 Å². The van der Waals surface area contributed by atoms with E-state index in [0.29, 0.717) is 26.2 Å². The Bertz CT molecular complexity index is 953. The summed E-state index contributed by atoms with van der Waals surface area (Å²) in [5, 5.41) is 0. The molecule has 0 unspecified atom stereocenters. The summed E-state index contributed by atoms with van der Waals surface area (Å²) in [7, 11) is -2.61. The zero-order valence-electron chi connectivity index (χ0n) is 16.1. The summed E-state index contributed by atoms with van der Waals surface area (Å²) in [4.78, 5) is 27.7. The number of piperazine rings is 1. The molecule has 0 spiro atoms. The highest BCUT2D eigenvalue weighted by molar-refractivity contribution is 7.89. The second-order valence-corrected chi connectivity index (χ2v) is 8.31. The number of nitrogens with zero attached hydrogens (tertiary/aromatic N) is 2. The van der Waals surface area contributed by atoms with Crippen LogP contribution in [0.15, 0.2) is 59.5 Å². The lowest BCUT2D eigenvalue weighted by atomic mass is 10.2. The number of hydrogen-bond donors (Lipinski definition) is 1. The molecular formula is C20H23N3O5S. The third-order valence-corrected chi connectivity index (χ3v) is 6.17. The number of benzene rings is 2. The molecule has 29 heavy (non-hydrogen) atoms. The standard InChI is InChI=1S/C20H23N3O5S/c1-28-20(25)16-7-9-18(10-8-16)29(26,27)21-15-19(24)23-13-11-22(12-14-23)17-5-3-2-4-6-17/h2-10,21H,11-15H2,1H3. The molecule has 1 aliphatic rings. The van der Waals surface area contributed by atoms with Crippen LogP contribution < -0.4 is 9.62 Å². The highest BCUT2D eigenvalue weighted by Gasteiger charge is 2.23. The second-order valence-electron chi connectivity index (χ2n) is 6.54. The summed E-state index contributed by atoms with van der Waals surface area (Å²) >= 11 is 0. The van der Waals surface area contributed by atoms with Crippen molar-refractivity contribution in [3.8, 4) is 0 Å². The lowest BCUT2D eigenvalue weighted by molar-refractivity contribution is -0.130. The molecule has 2 aromatic carbocycles. The van der Waals surface area contributed by atoms with Gasteiger partial charge in [-0.15, -0.1) is 0 Å². The largest absolute Gasteiger partial charge is 0.465 e. The van der Waals surface area contributed by atoms with E-state index in [1.165, 1.54) is 31.4 Å². The van der Waals surface area contributed by atoms with Crippen LogP contribution in [-0.2, 0) is 19.6 Å². The molecule has 0 atom stereocenters. The maximum Gasteiger partial charge on any atom is 0.337 e. The van der Waals surface area contributed by atoms with E-state index < -0.39 is 16.0 Å². The minimum absolute atomic E-state index is 0.0214. The zero-order chi connectivity index (χ0) is 20.9. The quantitative estimate of drug-likeness (QED) is 0.707. The first-order chi connectivity index (χ1) is 13.9. The first-order valence-electron chi connectivity index (χ1n) is 9.16. The Hall–Kier alpha value is -2.91. The number of carbonyl (C=O) groups is 2. The summed E-state index contributed by atoms with van der Waals surface area (Å²) in [6, 6.07) is 15.3. The summed E-state index contributed by atoms with van der Waals surface area (Å²) in [6.07, 6.45) is 0. The Balaban J connectivity index is 1.53. The maximum atomic E-state index is 12.4. The van der Waals surface area contributed by atoms with Crippen LogP contribution in [0, 0.1) is 0 Å². The van der Waals surface area contributed by atoms with Crippen LogP contribution in [0.5, 0.6) is 0 Å². The molecule has 1 aliphatic heterocycles. The maximum absolute atomic E-state index is 12.4. The molecule has 1 N–H and O–H groups in total. The van der Waals surface area contributed by atoms with Crippen molar-refractivity contribution in [2.75, 3.05) is 44.7 Å². The van der Waals surface area contributed by atoms with Gasteiger partial charge in [0.2, 0.25) is 15.9 Å². The first kappa shape index (κ1) is 20.8. The van der Waals surface area contributed by atoms with Crippen molar-refractivity contribution in [1.82, 2.24) is 9.62 Å². The van der Waals surface area contributed by atoms with Crippen molar-refractivity contribution in [3.05, 3.63) is 60.2 Å². The average molecular weight is 417 g/mol. The molecule has 0 aliphatic carbocycles. The minimum Gasteiger partial charge on any atom is -0.465 e. The Morgan fingerprint density at radius 3 is 2.17 bits per heavy atom. The number of carbonyl (C=O) groups excluding carboxylic acids is 2. The van der Waals surface area contributed by atoms with E-state index >= 15 is 0 Å². The normalized spacial score (nSPS) is 14.5. The van der Waals surface area contributed by atoms with E-state index in [-0.39, 0.29) is 22.9 Å². The van der Waals surface area contributed by atoms with Gasteiger partial charge in [-0.05, 0) is 36.4 Å².